The number of carbonyl (C=O) groups is 1. The number of carbonyl (C=O) groups excluding carboxylic acids is 1. The number of anilines is 1. The van der Waals surface area contributed by atoms with E-state index in [0.29, 0.717) is 19.6 Å². The summed E-state index contributed by atoms with van der Waals surface area (Å²) in [6.07, 6.45) is 3.60. The van der Waals surface area contributed by atoms with E-state index >= 15 is 0 Å². The molecule has 0 unspecified atom stereocenters. The lowest BCUT2D eigenvalue weighted by atomic mass is 10.1. The van der Waals surface area contributed by atoms with Gasteiger partial charge in [0.25, 0.3) is 0 Å². The van der Waals surface area contributed by atoms with Crippen LogP contribution >= 0.6 is 24.0 Å². The third-order valence-corrected chi connectivity index (χ3v) is 5.58. The standard InChI is InChI=1S/C22H33N7O.HI/c1-5-27(6-2)15-19-10-8-7-9-18(19)13-24-22(23-3)28-11-12-29(21(30)17-28)20-14-25-26(4)16-20;/h7-10,14,16H,5-6,11-13,15,17H2,1-4H3,(H,23,24);1H. The van der Waals surface area contributed by atoms with Crippen LogP contribution in [0, 0.1) is 0 Å². The number of guanidine groups is 1. The van der Waals surface area contributed by atoms with E-state index in [1.54, 1.807) is 22.8 Å². The summed E-state index contributed by atoms with van der Waals surface area (Å²) in [5.41, 5.74) is 3.42. The Morgan fingerprint density at radius 3 is 2.48 bits per heavy atom. The minimum absolute atomic E-state index is 0. The topological polar surface area (TPSA) is 69.0 Å². The van der Waals surface area contributed by atoms with E-state index in [2.05, 4.69) is 58.4 Å². The van der Waals surface area contributed by atoms with Crippen LogP contribution in [0.2, 0.25) is 0 Å². The molecule has 31 heavy (non-hydrogen) atoms. The average Bonchev–Trinajstić information content (AvgIpc) is 3.19. The van der Waals surface area contributed by atoms with Gasteiger partial charge in [-0.25, -0.2) is 0 Å². The van der Waals surface area contributed by atoms with E-state index in [0.717, 1.165) is 37.8 Å². The van der Waals surface area contributed by atoms with Gasteiger partial charge in [0.15, 0.2) is 5.96 Å². The molecule has 2 aromatic rings. The molecular weight excluding hydrogens is 505 g/mol. The molecule has 0 atom stereocenters. The maximum Gasteiger partial charge on any atom is 0.246 e. The molecule has 1 aromatic carbocycles. The Bertz CT molecular complexity index is 878. The highest BCUT2D eigenvalue weighted by Crippen LogP contribution is 2.16. The first-order valence-corrected chi connectivity index (χ1v) is 10.6. The van der Waals surface area contributed by atoms with Gasteiger partial charge in [0.1, 0.15) is 6.54 Å². The number of halogens is 1. The SMILES string of the molecule is CCN(CC)Cc1ccccc1CNC(=NC)N1CCN(c2cnn(C)c2)C(=O)C1.I. The molecule has 1 N–H and O–H groups in total. The Balaban J connectivity index is 0.00000341. The number of aryl methyl sites for hydroxylation is 1. The number of benzene rings is 1. The molecule has 1 aliphatic rings. The summed E-state index contributed by atoms with van der Waals surface area (Å²) in [7, 11) is 3.62. The Morgan fingerprint density at radius 2 is 1.90 bits per heavy atom. The predicted molar refractivity (Wildman–Crippen MR) is 136 cm³/mol. The molecule has 2 heterocycles. The van der Waals surface area contributed by atoms with Crippen molar-refractivity contribution in [3.05, 3.63) is 47.8 Å². The molecule has 0 spiro atoms. The summed E-state index contributed by atoms with van der Waals surface area (Å²) in [5.74, 6) is 0.811. The molecular formula is C22H34IN7O. The number of hydrogen-bond acceptors (Lipinski definition) is 4. The van der Waals surface area contributed by atoms with Gasteiger partial charge in [-0.15, -0.1) is 24.0 Å². The van der Waals surface area contributed by atoms with Crippen molar-refractivity contribution < 1.29 is 4.79 Å². The molecule has 3 rings (SSSR count). The van der Waals surface area contributed by atoms with Gasteiger partial charge in [-0.2, -0.15) is 5.10 Å². The van der Waals surface area contributed by atoms with E-state index in [9.17, 15) is 4.79 Å². The number of aromatic nitrogens is 2. The smallest absolute Gasteiger partial charge is 0.246 e. The zero-order chi connectivity index (χ0) is 21.5. The van der Waals surface area contributed by atoms with Gasteiger partial charge >= 0.3 is 0 Å². The molecule has 1 fully saturated rings. The van der Waals surface area contributed by atoms with Crippen LogP contribution in [0.15, 0.2) is 41.7 Å². The summed E-state index contributed by atoms with van der Waals surface area (Å²) in [6.45, 7) is 9.70. The normalized spacial score (nSPS) is 14.7. The number of piperazine rings is 1. The molecule has 0 bridgehead atoms. The van der Waals surface area contributed by atoms with Crippen molar-refractivity contribution in [1.29, 1.82) is 0 Å². The Kier molecular flexibility index (Phi) is 9.76. The number of aliphatic imine (C=N–C) groups is 1. The van der Waals surface area contributed by atoms with Crippen LogP contribution in [-0.4, -0.2) is 71.2 Å². The fourth-order valence-electron chi connectivity index (χ4n) is 3.75. The number of amides is 1. The van der Waals surface area contributed by atoms with Crippen LogP contribution in [0.3, 0.4) is 0 Å². The van der Waals surface area contributed by atoms with Gasteiger partial charge in [-0.3, -0.25) is 19.4 Å². The number of nitrogens with one attached hydrogen (secondary N) is 1. The molecule has 1 saturated heterocycles. The molecule has 9 heteroatoms. The third kappa shape index (κ3) is 6.42. The minimum atomic E-state index is 0. The largest absolute Gasteiger partial charge is 0.352 e. The molecule has 0 aliphatic carbocycles. The molecule has 1 aliphatic heterocycles. The van der Waals surface area contributed by atoms with E-state index in [4.69, 9.17) is 0 Å². The van der Waals surface area contributed by atoms with Gasteiger partial charge in [0.05, 0.1) is 11.9 Å². The van der Waals surface area contributed by atoms with Crippen LogP contribution in [0.5, 0.6) is 0 Å². The lowest BCUT2D eigenvalue weighted by Gasteiger charge is -2.35. The van der Waals surface area contributed by atoms with E-state index < -0.39 is 0 Å². The van der Waals surface area contributed by atoms with Gasteiger partial charge < -0.3 is 15.1 Å². The third-order valence-electron chi connectivity index (χ3n) is 5.58. The lowest BCUT2D eigenvalue weighted by molar-refractivity contribution is -0.120. The first-order chi connectivity index (χ1) is 14.5. The highest BCUT2D eigenvalue weighted by Gasteiger charge is 2.27. The molecule has 170 valence electrons. The monoisotopic (exact) mass is 539 g/mol. The van der Waals surface area contributed by atoms with E-state index in [-0.39, 0.29) is 29.9 Å². The van der Waals surface area contributed by atoms with Crippen molar-refractivity contribution in [2.75, 3.05) is 44.7 Å². The summed E-state index contributed by atoms with van der Waals surface area (Å²) < 4.78 is 1.71. The number of rotatable bonds is 7. The van der Waals surface area contributed by atoms with E-state index in [1.807, 2.05) is 18.1 Å². The molecule has 1 amide bonds. The maximum atomic E-state index is 12.7. The van der Waals surface area contributed by atoms with Gasteiger partial charge in [0.2, 0.25) is 5.91 Å². The van der Waals surface area contributed by atoms with Crippen LogP contribution in [0.1, 0.15) is 25.0 Å². The first kappa shape index (κ1) is 25.1. The van der Waals surface area contributed by atoms with Crippen LogP contribution in [-0.2, 0) is 24.9 Å². The van der Waals surface area contributed by atoms with Crippen molar-refractivity contribution in [3.8, 4) is 0 Å². The first-order valence-electron chi connectivity index (χ1n) is 10.6. The van der Waals surface area contributed by atoms with Crippen LogP contribution < -0.4 is 10.2 Å². The van der Waals surface area contributed by atoms with Gasteiger partial charge in [-0.05, 0) is 24.2 Å². The van der Waals surface area contributed by atoms with Crippen LogP contribution in [0.4, 0.5) is 5.69 Å². The summed E-state index contributed by atoms with van der Waals surface area (Å²) >= 11 is 0. The molecule has 0 radical (unpaired) electrons. The Morgan fingerprint density at radius 1 is 1.19 bits per heavy atom. The quantitative estimate of drug-likeness (QED) is 0.333. The zero-order valence-electron chi connectivity index (χ0n) is 18.9. The molecule has 0 saturated carbocycles. The van der Waals surface area contributed by atoms with Crippen LogP contribution in [0.25, 0.3) is 0 Å². The summed E-state index contributed by atoms with van der Waals surface area (Å²) in [6, 6.07) is 8.51. The second-order valence-corrected chi connectivity index (χ2v) is 7.47. The highest BCUT2D eigenvalue weighted by molar-refractivity contribution is 14.0. The van der Waals surface area contributed by atoms with Crippen molar-refractivity contribution in [1.82, 2.24) is 24.9 Å². The number of nitrogens with zero attached hydrogens (tertiary/aromatic N) is 6. The second-order valence-electron chi connectivity index (χ2n) is 7.47. The lowest BCUT2D eigenvalue weighted by Crippen LogP contribution is -2.55. The fraction of sp³-hybridized carbons (Fsp3) is 0.500. The van der Waals surface area contributed by atoms with Gasteiger partial charge in [-0.1, -0.05) is 38.1 Å². The fourth-order valence-corrected chi connectivity index (χ4v) is 3.75. The Hall–Kier alpha value is -2.14. The van der Waals surface area contributed by atoms with Crippen molar-refractivity contribution in [3.63, 3.8) is 0 Å². The second kappa shape index (κ2) is 12.0. The van der Waals surface area contributed by atoms with E-state index in [1.165, 1.54) is 11.1 Å². The highest BCUT2D eigenvalue weighted by atomic mass is 127. The molecule has 1 aromatic heterocycles. The number of hydrogen-bond donors (Lipinski definition) is 1. The average molecular weight is 539 g/mol. The van der Waals surface area contributed by atoms with Gasteiger partial charge in [0, 0.05) is 46.5 Å². The maximum absolute atomic E-state index is 12.7. The predicted octanol–water partition coefficient (Wildman–Crippen LogP) is 2.30. The van der Waals surface area contributed by atoms with Crippen molar-refractivity contribution >= 4 is 41.5 Å². The molecule has 8 nitrogen and oxygen atoms in total. The summed E-state index contributed by atoms with van der Waals surface area (Å²) in [4.78, 5) is 23.3. The Labute approximate surface area is 202 Å². The summed E-state index contributed by atoms with van der Waals surface area (Å²) in [5, 5.41) is 7.62. The van der Waals surface area contributed by atoms with Crippen molar-refractivity contribution in [2.24, 2.45) is 12.0 Å². The zero-order valence-corrected chi connectivity index (χ0v) is 21.2. The van der Waals surface area contributed by atoms with Crippen molar-refractivity contribution in [2.45, 2.75) is 26.9 Å². The minimum Gasteiger partial charge on any atom is -0.352 e.